The van der Waals surface area contributed by atoms with E-state index in [-0.39, 0.29) is 0 Å². The second-order valence-electron chi connectivity index (χ2n) is 6.85. The van der Waals surface area contributed by atoms with Crippen LogP contribution in [0.4, 0.5) is 0 Å². The van der Waals surface area contributed by atoms with Crippen molar-refractivity contribution in [2.45, 2.75) is 52.9 Å². The standard InChI is InChI=1S/C17H35N3O/c1-4-5-16(8-9-18)6-7-17(21)20-12-10-19(11-13-20)14-15(2)3/h15-16H,4-14,18H2,1-3H3. The predicted molar refractivity (Wildman–Crippen MR) is 89.2 cm³/mol. The Balaban J connectivity index is 2.27. The van der Waals surface area contributed by atoms with Gasteiger partial charge in [-0.3, -0.25) is 9.69 Å². The largest absolute Gasteiger partial charge is 0.340 e. The van der Waals surface area contributed by atoms with Crippen molar-refractivity contribution in [3.8, 4) is 0 Å². The third-order valence-corrected chi connectivity index (χ3v) is 4.39. The summed E-state index contributed by atoms with van der Waals surface area (Å²) in [7, 11) is 0. The monoisotopic (exact) mass is 297 g/mol. The Morgan fingerprint density at radius 2 is 1.76 bits per heavy atom. The van der Waals surface area contributed by atoms with Crippen LogP contribution in [0.25, 0.3) is 0 Å². The first-order chi connectivity index (χ1) is 10.1. The molecule has 21 heavy (non-hydrogen) atoms. The quantitative estimate of drug-likeness (QED) is 0.710. The molecule has 1 rings (SSSR count). The van der Waals surface area contributed by atoms with Gasteiger partial charge in [0.15, 0.2) is 0 Å². The summed E-state index contributed by atoms with van der Waals surface area (Å²) in [5, 5.41) is 0. The van der Waals surface area contributed by atoms with Crippen LogP contribution in [0.2, 0.25) is 0 Å². The molecule has 124 valence electrons. The number of carbonyl (C=O) groups excluding carboxylic acids is 1. The van der Waals surface area contributed by atoms with Crippen LogP contribution in [0.5, 0.6) is 0 Å². The number of piperazine rings is 1. The van der Waals surface area contributed by atoms with Crippen LogP contribution < -0.4 is 5.73 Å². The molecule has 1 saturated heterocycles. The number of nitrogens with zero attached hydrogens (tertiary/aromatic N) is 2. The van der Waals surface area contributed by atoms with E-state index in [1.807, 2.05) is 0 Å². The molecule has 0 bridgehead atoms. The lowest BCUT2D eigenvalue weighted by atomic mass is 9.94. The van der Waals surface area contributed by atoms with Crippen molar-refractivity contribution in [2.24, 2.45) is 17.6 Å². The van der Waals surface area contributed by atoms with E-state index in [4.69, 9.17) is 5.73 Å². The summed E-state index contributed by atoms with van der Waals surface area (Å²) >= 11 is 0. The van der Waals surface area contributed by atoms with Crippen molar-refractivity contribution in [3.05, 3.63) is 0 Å². The van der Waals surface area contributed by atoms with Crippen molar-refractivity contribution >= 4 is 5.91 Å². The highest BCUT2D eigenvalue weighted by Crippen LogP contribution is 2.18. The number of nitrogens with two attached hydrogens (primary N) is 1. The highest BCUT2D eigenvalue weighted by molar-refractivity contribution is 5.76. The molecule has 0 aromatic rings. The predicted octanol–water partition coefficient (Wildman–Crippen LogP) is 2.33. The summed E-state index contributed by atoms with van der Waals surface area (Å²) in [4.78, 5) is 16.8. The van der Waals surface area contributed by atoms with E-state index < -0.39 is 0 Å². The zero-order valence-corrected chi connectivity index (χ0v) is 14.3. The van der Waals surface area contributed by atoms with Gasteiger partial charge in [0, 0.05) is 39.1 Å². The molecule has 1 aliphatic heterocycles. The summed E-state index contributed by atoms with van der Waals surface area (Å²) in [6.07, 6.45) is 5.16. The Hall–Kier alpha value is -0.610. The smallest absolute Gasteiger partial charge is 0.222 e. The summed E-state index contributed by atoms with van der Waals surface area (Å²) in [6.45, 7) is 12.5. The molecule has 0 spiro atoms. The van der Waals surface area contributed by atoms with E-state index in [1.54, 1.807) is 0 Å². The number of rotatable bonds is 9. The fourth-order valence-electron chi connectivity index (χ4n) is 3.26. The minimum atomic E-state index is 0.345. The number of carbonyl (C=O) groups is 1. The van der Waals surface area contributed by atoms with Gasteiger partial charge in [0.1, 0.15) is 0 Å². The third-order valence-electron chi connectivity index (χ3n) is 4.39. The van der Waals surface area contributed by atoms with E-state index in [0.717, 1.165) is 52.1 Å². The van der Waals surface area contributed by atoms with Crippen LogP contribution in [0.3, 0.4) is 0 Å². The minimum absolute atomic E-state index is 0.345. The Morgan fingerprint density at radius 3 is 2.29 bits per heavy atom. The van der Waals surface area contributed by atoms with Gasteiger partial charge in [-0.2, -0.15) is 0 Å². The maximum absolute atomic E-state index is 12.3. The van der Waals surface area contributed by atoms with Crippen molar-refractivity contribution in [2.75, 3.05) is 39.3 Å². The molecule has 0 radical (unpaired) electrons. The van der Waals surface area contributed by atoms with Crippen molar-refractivity contribution in [1.82, 2.24) is 9.80 Å². The molecule has 1 unspecified atom stereocenters. The third kappa shape index (κ3) is 7.28. The average Bonchev–Trinajstić information content (AvgIpc) is 2.45. The molecule has 1 fully saturated rings. The topological polar surface area (TPSA) is 49.6 Å². The maximum Gasteiger partial charge on any atom is 0.222 e. The molecule has 1 aliphatic rings. The Kier molecular flexibility index (Phi) is 8.93. The molecule has 1 amide bonds. The first-order valence-electron chi connectivity index (χ1n) is 8.77. The van der Waals surface area contributed by atoms with Gasteiger partial charge in [-0.25, -0.2) is 0 Å². The average molecular weight is 297 g/mol. The van der Waals surface area contributed by atoms with E-state index in [2.05, 4.69) is 30.6 Å². The Labute approximate surface area is 131 Å². The first-order valence-corrected chi connectivity index (χ1v) is 8.77. The molecular formula is C17H35N3O. The molecule has 2 N–H and O–H groups in total. The van der Waals surface area contributed by atoms with Crippen LogP contribution in [0.15, 0.2) is 0 Å². The summed E-state index contributed by atoms with van der Waals surface area (Å²) < 4.78 is 0. The maximum atomic E-state index is 12.3. The molecule has 4 heteroatoms. The van der Waals surface area contributed by atoms with Gasteiger partial charge in [-0.05, 0) is 31.2 Å². The number of amides is 1. The van der Waals surface area contributed by atoms with Crippen LogP contribution in [-0.4, -0.2) is 55.0 Å². The molecule has 1 atom stereocenters. The van der Waals surface area contributed by atoms with Crippen LogP contribution in [0.1, 0.15) is 52.9 Å². The van der Waals surface area contributed by atoms with E-state index >= 15 is 0 Å². The van der Waals surface area contributed by atoms with Gasteiger partial charge < -0.3 is 10.6 Å². The molecule has 0 aromatic heterocycles. The molecule has 4 nitrogen and oxygen atoms in total. The lowest BCUT2D eigenvalue weighted by Gasteiger charge is -2.35. The first kappa shape index (κ1) is 18.4. The highest BCUT2D eigenvalue weighted by Gasteiger charge is 2.21. The molecule has 0 aliphatic carbocycles. The number of hydrogen-bond donors (Lipinski definition) is 1. The van der Waals surface area contributed by atoms with Crippen molar-refractivity contribution < 1.29 is 4.79 Å². The van der Waals surface area contributed by atoms with E-state index in [1.165, 1.54) is 12.8 Å². The fourth-order valence-corrected chi connectivity index (χ4v) is 3.26. The lowest BCUT2D eigenvalue weighted by Crippen LogP contribution is -2.49. The van der Waals surface area contributed by atoms with Crippen molar-refractivity contribution in [3.63, 3.8) is 0 Å². The lowest BCUT2D eigenvalue weighted by molar-refractivity contribution is -0.133. The minimum Gasteiger partial charge on any atom is -0.340 e. The van der Waals surface area contributed by atoms with Crippen LogP contribution in [-0.2, 0) is 4.79 Å². The summed E-state index contributed by atoms with van der Waals surface area (Å²) in [6, 6.07) is 0. The van der Waals surface area contributed by atoms with Gasteiger partial charge in [-0.15, -0.1) is 0 Å². The second-order valence-corrected chi connectivity index (χ2v) is 6.85. The number of hydrogen-bond acceptors (Lipinski definition) is 3. The van der Waals surface area contributed by atoms with Gasteiger partial charge in [0.2, 0.25) is 5.91 Å². The molecule has 0 aromatic carbocycles. The summed E-state index contributed by atoms with van der Waals surface area (Å²) in [5.41, 5.74) is 5.66. The second kappa shape index (κ2) is 10.2. The van der Waals surface area contributed by atoms with Crippen LogP contribution in [0, 0.1) is 11.8 Å². The van der Waals surface area contributed by atoms with E-state index in [0.29, 0.717) is 24.2 Å². The summed E-state index contributed by atoms with van der Waals surface area (Å²) in [5.74, 6) is 1.68. The highest BCUT2D eigenvalue weighted by atomic mass is 16.2. The molecular weight excluding hydrogens is 262 g/mol. The van der Waals surface area contributed by atoms with Gasteiger partial charge in [0.05, 0.1) is 0 Å². The normalized spacial score (nSPS) is 18.2. The Morgan fingerprint density at radius 1 is 1.10 bits per heavy atom. The zero-order chi connectivity index (χ0) is 15.7. The molecule has 1 heterocycles. The van der Waals surface area contributed by atoms with E-state index in [9.17, 15) is 4.79 Å². The van der Waals surface area contributed by atoms with Crippen LogP contribution >= 0.6 is 0 Å². The van der Waals surface area contributed by atoms with Crippen molar-refractivity contribution in [1.29, 1.82) is 0 Å². The van der Waals surface area contributed by atoms with Gasteiger partial charge in [0.25, 0.3) is 0 Å². The fraction of sp³-hybridized carbons (Fsp3) is 0.941. The van der Waals surface area contributed by atoms with Gasteiger partial charge >= 0.3 is 0 Å². The SMILES string of the molecule is CCCC(CCN)CCC(=O)N1CCN(CC(C)C)CC1. The molecule has 0 saturated carbocycles. The van der Waals surface area contributed by atoms with Gasteiger partial charge in [-0.1, -0.05) is 33.6 Å². The Bertz CT molecular complexity index is 280. The zero-order valence-electron chi connectivity index (χ0n) is 14.3.